The Hall–Kier alpha value is -0.650. The van der Waals surface area contributed by atoms with Crippen molar-refractivity contribution in [2.45, 2.75) is 25.8 Å². The molecule has 5 heteroatoms. The second-order valence-corrected chi connectivity index (χ2v) is 2.90. The summed E-state index contributed by atoms with van der Waals surface area (Å²) in [5.74, 6) is -0.487. The van der Waals surface area contributed by atoms with E-state index < -0.39 is 12.0 Å². The smallest absolute Gasteiger partial charge is 0.323 e. The molecule has 0 aliphatic heterocycles. The van der Waals surface area contributed by atoms with Crippen LogP contribution in [0.2, 0.25) is 0 Å². The molecular weight excluding hydrogens is 186 g/mol. The van der Waals surface area contributed by atoms with E-state index in [4.69, 9.17) is 20.3 Å². The Labute approximate surface area is 84.2 Å². The normalized spacial score (nSPS) is 12.5. The van der Waals surface area contributed by atoms with Crippen LogP contribution in [0.3, 0.4) is 0 Å². The Morgan fingerprint density at radius 3 is 2.71 bits per heavy atom. The van der Waals surface area contributed by atoms with Crippen LogP contribution in [0.4, 0.5) is 0 Å². The number of esters is 1. The first kappa shape index (κ1) is 13.4. The van der Waals surface area contributed by atoms with Crippen LogP contribution in [0.1, 0.15) is 19.8 Å². The van der Waals surface area contributed by atoms with Crippen LogP contribution < -0.4 is 5.73 Å². The fourth-order valence-corrected chi connectivity index (χ4v) is 0.812. The molecule has 0 radical (unpaired) electrons. The maximum atomic E-state index is 11.1. The average molecular weight is 205 g/mol. The van der Waals surface area contributed by atoms with Gasteiger partial charge in [-0.1, -0.05) is 6.92 Å². The summed E-state index contributed by atoms with van der Waals surface area (Å²) in [4.78, 5) is 11.1. The number of carbonyl (C=O) groups is 1. The third kappa shape index (κ3) is 6.82. The lowest BCUT2D eigenvalue weighted by Crippen LogP contribution is -2.33. The van der Waals surface area contributed by atoms with Gasteiger partial charge in [-0.15, -0.1) is 0 Å². The highest BCUT2D eigenvalue weighted by Crippen LogP contribution is 1.91. The average Bonchev–Trinajstić information content (AvgIpc) is 2.17. The summed E-state index contributed by atoms with van der Waals surface area (Å²) in [6, 6.07) is -0.730. The highest BCUT2D eigenvalue weighted by atomic mass is 16.6. The standard InChI is InChI=1S/C9H19NO4/c1-2-5-13-6-7-14-9(12)8(10)3-4-11/h8,11H,2-7,10H2,1H3/t8-/m0/s1. The minimum atomic E-state index is -0.730. The van der Waals surface area contributed by atoms with Crippen LogP contribution in [0.25, 0.3) is 0 Å². The SMILES string of the molecule is CCCOCCOC(=O)[C@@H](N)CCO. The number of hydrogen-bond donors (Lipinski definition) is 2. The van der Waals surface area contributed by atoms with Crippen molar-refractivity contribution < 1.29 is 19.4 Å². The molecule has 0 bridgehead atoms. The van der Waals surface area contributed by atoms with Crippen LogP contribution in [-0.2, 0) is 14.3 Å². The van der Waals surface area contributed by atoms with Crippen molar-refractivity contribution in [2.24, 2.45) is 5.73 Å². The van der Waals surface area contributed by atoms with Gasteiger partial charge in [-0.2, -0.15) is 0 Å². The zero-order valence-electron chi connectivity index (χ0n) is 8.57. The lowest BCUT2D eigenvalue weighted by atomic mass is 10.2. The second-order valence-electron chi connectivity index (χ2n) is 2.90. The van der Waals surface area contributed by atoms with Gasteiger partial charge in [0.15, 0.2) is 0 Å². The van der Waals surface area contributed by atoms with Gasteiger partial charge in [0.05, 0.1) is 6.61 Å². The molecular formula is C9H19NO4. The zero-order chi connectivity index (χ0) is 10.8. The van der Waals surface area contributed by atoms with Crippen molar-refractivity contribution in [1.82, 2.24) is 0 Å². The first-order chi connectivity index (χ1) is 6.72. The topological polar surface area (TPSA) is 81.8 Å². The van der Waals surface area contributed by atoms with Gasteiger partial charge in [0.25, 0.3) is 0 Å². The van der Waals surface area contributed by atoms with Crippen LogP contribution in [0.5, 0.6) is 0 Å². The van der Waals surface area contributed by atoms with Crippen molar-refractivity contribution in [3.63, 3.8) is 0 Å². The molecule has 0 amide bonds. The fourth-order valence-electron chi connectivity index (χ4n) is 0.812. The minimum absolute atomic E-state index is 0.109. The molecule has 0 rings (SSSR count). The van der Waals surface area contributed by atoms with Gasteiger partial charge in [0, 0.05) is 13.2 Å². The van der Waals surface area contributed by atoms with E-state index in [1.165, 1.54) is 0 Å². The molecule has 1 atom stereocenters. The molecule has 0 aromatic rings. The van der Waals surface area contributed by atoms with Crippen molar-refractivity contribution in [1.29, 1.82) is 0 Å². The third-order valence-corrected chi connectivity index (χ3v) is 1.56. The van der Waals surface area contributed by atoms with Gasteiger partial charge in [-0.25, -0.2) is 0 Å². The lowest BCUT2D eigenvalue weighted by molar-refractivity contribution is -0.147. The molecule has 0 heterocycles. The Bertz CT molecular complexity index is 152. The van der Waals surface area contributed by atoms with E-state index in [1.807, 2.05) is 6.92 Å². The highest BCUT2D eigenvalue weighted by Gasteiger charge is 2.13. The molecule has 5 nitrogen and oxygen atoms in total. The second kappa shape index (κ2) is 8.93. The van der Waals surface area contributed by atoms with Gasteiger partial charge >= 0.3 is 5.97 Å². The van der Waals surface area contributed by atoms with Gasteiger partial charge in [0.2, 0.25) is 0 Å². The van der Waals surface area contributed by atoms with Crippen LogP contribution in [0.15, 0.2) is 0 Å². The summed E-state index contributed by atoms with van der Waals surface area (Å²) < 4.78 is 9.91. The zero-order valence-corrected chi connectivity index (χ0v) is 8.57. The van der Waals surface area contributed by atoms with Crippen molar-refractivity contribution >= 4 is 5.97 Å². The van der Waals surface area contributed by atoms with Gasteiger partial charge in [-0.3, -0.25) is 4.79 Å². The Morgan fingerprint density at radius 1 is 1.43 bits per heavy atom. The summed E-state index contributed by atoms with van der Waals surface area (Å²) in [6.45, 7) is 3.18. The van der Waals surface area contributed by atoms with E-state index in [0.29, 0.717) is 13.2 Å². The molecule has 0 aliphatic rings. The van der Waals surface area contributed by atoms with E-state index in [0.717, 1.165) is 6.42 Å². The molecule has 0 unspecified atom stereocenters. The molecule has 0 spiro atoms. The van der Waals surface area contributed by atoms with Crippen molar-refractivity contribution in [2.75, 3.05) is 26.4 Å². The van der Waals surface area contributed by atoms with Crippen molar-refractivity contribution in [3.05, 3.63) is 0 Å². The molecule has 3 N–H and O–H groups in total. The Kier molecular flexibility index (Phi) is 8.51. The molecule has 0 aromatic heterocycles. The fraction of sp³-hybridized carbons (Fsp3) is 0.889. The number of carbonyl (C=O) groups excluding carboxylic acids is 1. The van der Waals surface area contributed by atoms with Crippen LogP contribution in [-0.4, -0.2) is 43.5 Å². The highest BCUT2D eigenvalue weighted by molar-refractivity contribution is 5.75. The van der Waals surface area contributed by atoms with Crippen LogP contribution in [0, 0.1) is 0 Å². The quantitative estimate of drug-likeness (QED) is 0.418. The van der Waals surface area contributed by atoms with E-state index in [1.54, 1.807) is 0 Å². The molecule has 0 saturated heterocycles. The van der Waals surface area contributed by atoms with Gasteiger partial charge in [-0.05, 0) is 12.8 Å². The molecule has 84 valence electrons. The largest absolute Gasteiger partial charge is 0.462 e. The number of ether oxygens (including phenoxy) is 2. The van der Waals surface area contributed by atoms with Gasteiger partial charge in [0.1, 0.15) is 12.6 Å². The molecule has 0 fully saturated rings. The predicted molar refractivity (Wildman–Crippen MR) is 51.7 cm³/mol. The maximum absolute atomic E-state index is 11.1. The minimum Gasteiger partial charge on any atom is -0.462 e. The summed E-state index contributed by atoms with van der Waals surface area (Å²) >= 11 is 0. The van der Waals surface area contributed by atoms with E-state index in [2.05, 4.69) is 0 Å². The van der Waals surface area contributed by atoms with Crippen molar-refractivity contribution in [3.8, 4) is 0 Å². The van der Waals surface area contributed by atoms with Crippen LogP contribution >= 0.6 is 0 Å². The van der Waals surface area contributed by atoms with Gasteiger partial charge < -0.3 is 20.3 Å². The number of aliphatic hydroxyl groups is 1. The number of hydrogen-bond acceptors (Lipinski definition) is 5. The van der Waals surface area contributed by atoms with E-state index >= 15 is 0 Å². The lowest BCUT2D eigenvalue weighted by Gasteiger charge is -2.09. The van der Waals surface area contributed by atoms with E-state index in [-0.39, 0.29) is 19.6 Å². The molecule has 14 heavy (non-hydrogen) atoms. The third-order valence-electron chi connectivity index (χ3n) is 1.56. The molecule has 0 aliphatic carbocycles. The Balaban J connectivity index is 3.34. The van der Waals surface area contributed by atoms with E-state index in [9.17, 15) is 4.79 Å². The first-order valence-electron chi connectivity index (χ1n) is 4.83. The predicted octanol–water partition coefficient (Wildman–Crippen LogP) is -0.334. The number of nitrogens with two attached hydrogens (primary N) is 1. The molecule has 0 aromatic carbocycles. The monoisotopic (exact) mass is 205 g/mol. The first-order valence-corrected chi connectivity index (χ1v) is 4.83. The summed E-state index contributed by atoms with van der Waals surface area (Å²) in [6.07, 6.45) is 1.17. The number of aliphatic hydroxyl groups excluding tert-OH is 1. The number of rotatable bonds is 8. The summed E-state index contributed by atoms with van der Waals surface area (Å²) in [7, 11) is 0. The molecule has 0 saturated carbocycles. The summed E-state index contributed by atoms with van der Waals surface area (Å²) in [5, 5.41) is 8.51. The Morgan fingerprint density at radius 2 is 2.14 bits per heavy atom. The maximum Gasteiger partial charge on any atom is 0.323 e. The summed E-state index contributed by atoms with van der Waals surface area (Å²) in [5.41, 5.74) is 5.39.